The zero-order chi connectivity index (χ0) is 15.8. The number of aliphatic hydroxyl groups is 1. The number of nitrogens with one attached hydrogen (secondary N) is 1. The molecular weight excluding hydrogens is 274 g/mol. The Morgan fingerprint density at radius 2 is 2.10 bits per heavy atom. The van der Waals surface area contributed by atoms with E-state index < -0.39 is 12.0 Å². The number of rotatable bonds is 9. The van der Waals surface area contributed by atoms with Crippen molar-refractivity contribution in [2.75, 3.05) is 20.3 Å². The minimum atomic E-state index is -1.05. The van der Waals surface area contributed by atoms with Gasteiger partial charge in [0.05, 0.1) is 19.6 Å². The summed E-state index contributed by atoms with van der Waals surface area (Å²) in [6.07, 6.45) is 0.167. The molecule has 1 rings (SSSR count). The fourth-order valence-electron chi connectivity index (χ4n) is 2.01. The Labute approximate surface area is 123 Å². The molecule has 116 valence electrons. The zero-order valence-corrected chi connectivity index (χ0v) is 12.3. The molecule has 0 saturated heterocycles. The Morgan fingerprint density at radius 1 is 1.38 bits per heavy atom. The van der Waals surface area contributed by atoms with Gasteiger partial charge in [0.2, 0.25) is 0 Å². The minimum absolute atomic E-state index is 0.0114. The topological polar surface area (TPSA) is 95.9 Å². The third kappa shape index (κ3) is 5.17. The van der Waals surface area contributed by atoms with Gasteiger partial charge in [-0.1, -0.05) is 0 Å². The summed E-state index contributed by atoms with van der Waals surface area (Å²) in [5.41, 5.74) is 1.21. The van der Waals surface area contributed by atoms with Crippen molar-refractivity contribution in [3.05, 3.63) is 29.3 Å². The van der Waals surface area contributed by atoms with Crippen molar-refractivity contribution >= 4 is 11.8 Å². The smallest absolute Gasteiger partial charge is 0.305 e. The molecule has 1 aromatic rings. The number of Topliss-reactive ketones (excluding diaryl/α,β-unsaturated/α-hetero) is 1. The van der Waals surface area contributed by atoms with Crippen LogP contribution >= 0.6 is 0 Å². The third-order valence-corrected chi connectivity index (χ3v) is 3.12. The average molecular weight is 295 g/mol. The van der Waals surface area contributed by atoms with Gasteiger partial charge in [0, 0.05) is 12.2 Å². The first kappa shape index (κ1) is 17.1. The van der Waals surface area contributed by atoms with E-state index >= 15 is 0 Å². The van der Waals surface area contributed by atoms with E-state index in [2.05, 4.69) is 5.32 Å². The maximum atomic E-state index is 12.5. The molecule has 0 bridgehead atoms. The number of benzene rings is 1. The van der Waals surface area contributed by atoms with Gasteiger partial charge in [-0.05, 0) is 43.7 Å². The van der Waals surface area contributed by atoms with E-state index in [1.165, 1.54) is 0 Å². The van der Waals surface area contributed by atoms with Crippen LogP contribution in [0.2, 0.25) is 0 Å². The van der Waals surface area contributed by atoms with Gasteiger partial charge in [0.1, 0.15) is 5.75 Å². The van der Waals surface area contributed by atoms with Crippen molar-refractivity contribution < 1.29 is 24.5 Å². The van der Waals surface area contributed by atoms with Gasteiger partial charge in [-0.25, -0.2) is 0 Å². The summed E-state index contributed by atoms with van der Waals surface area (Å²) in [6.45, 7) is 2.15. The number of carboxylic acids is 1. The number of carbonyl (C=O) groups is 2. The van der Waals surface area contributed by atoms with Crippen molar-refractivity contribution in [3.63, 3.8) is 0 Å². The SMILES string of the molecule is COc1ccc(C(=O)C(CC(=O)O)NCCCO)c(C)c1. The Morgan fingerprint density at radius 3 is 2.62 bits per heavy atom. The lowest BCUT2D eigenvalue weighted by atomic mass is 9.97. The number of hydrogen-bond donors (Lipinski definition) is 3. The second-order valence-electron chi connectivity index (χ2n) is 4.73. The van der Waals surface area contributed by atoms with Gasteiger partial charge in [0.25, 0.3) is 0 Å². The molecule has 6 nitrogen and oxygen atoms in total. The van der Waals surface area contributed by atoms with E-state index in [1.54, 1.807) is 32.2 Å². The van der Waals surface area contributed by atoms with Gasteiger partial charge in [0.15, 0.2) is 5.78 Å². The Bertz CT molecular complexity index is 501. The van der Waals surface area contributed by atoms with Crippen LogP contribution in [0.4, 0.5) is 0 Å². The van der Waals surface area contributed by atoms with Crippen LogP contribution < -0.4 is 10.1 Å². The van der Waals surface area contributed by atoms with Crippen LogP contribution in [-0.4, -0.2) is 48.3 Å². The highest BCUT2D eigenvalue weighted by Crippen LogP contribution is 2.19. The van der Waals surface area contributed by atoms with Gasteiger partial charge >= 0.3 is 5.97 Å². The standard InChI is InChI=1S/C15H21NO5/c1-10-8-11(21-2)4-5-12(10)15(20)13(9-14(18)19)16-6-3-7-17/h4-5,8,13,16-17H,3,6-7,9H2,1-2H3,(H,18,19). The molecule has 0 fully saturated rings. The molecule has 0 heterocycles. The molecule has 0 amide bonds. The highest BCUT2D eigenvalue weighted by molar-refractivity contribution is 6.02. The van der Waals surface area contributed by atoms with Crippen LogP contribution in [0.25, 0.3) is 0 Å². The Kier molecular flexibility index (Phi) is 6.84. The summed E-state index contributed by atoms with van der Waals surface area (Å²) in [4.78, 5) is 23.4. The number of ether oxygens (including phenoxy) is 1. The van der Waals surface area contributed by atoms with Gasteiger partial charge < -0.3 is 20.3 Å². The van der Waals surface area contributed by atoms with Crippen molar-refractivity contribution in [1.29, 1.82) is 0 Å². The predicted molar refractivity (Wildman–Crippen MR) is 77.8 cm³/mol. The molecule has 0 aliphatic heterocycles. The molecule has 0 radical (unpaired) electrons. The number of aryl methyl sites for hydroxylation is 1. The van der Waals surface area contributed by atoms with E-state index in [-0.39, 0.29) is 18.8 Å². The second-order valence-corrected chi connectivity index (χ2v) is 4.73. The predicted octanol–water partition coefficient (Wildman–Crippen LogP) is 1.00. The molecule has 0 aliphatic rings. The highest BCUT2D eigenvalue weighted by atomic mass is 16.5. The molecule has 0 spiro atoms. The number of aliphatic carboxylic acids is 1. The summed E-state index contributed by atoms with van der Waals surface area (Å²) in [5, 5.41) is 20.6. The summed E-state index contributed by atoms with van der Waals surface area (Å²) in [7, 11) is 1.54. The maximum absolute atomic E-state index is 12.5. The summed E-state index contributed by atoms with van der Waals surface area (Å²) < 4.78 is 5.09. The fraction of sp³-hybridized carbons (Fsp3) is 0.467. The number of ketones is 1. The first-order chi connectivity index (χ1) is 9.99. The largest absolute Gasteiger partial charge is 0.497 e. The third-order valence-electron chi connectivity index (χ3n) is 3.12. The van der Waals surface area contributed by atoms with E-state index in [0.717, 1.165) is 5.56 Å². The van der Waals surface area contributed by atoms with Gasteiger partial charge in [-0.15, -0.1) is 0 Å². The van der Waals surface area contributed by atoms with Crippen LogP contribution in [0, 0.1) is 6.92 Å². The number of hydrogen-bond acceptors (Lipinski definition) is 5. The Hall–Kier alpha value is -1.92. The van der Waals surface area contributed by atoms with Crippen molar-refractivity contribution in [2.45, 2.75) is 25.8 Å². The molecule has 1 atom stereocenters. The van der Waals surface area contributed by atoms with Crippen LogP contribution in [0.3, 0.4) is 0 Å². The van der Waals surface area contributed by atoms with Gasteiger partial charge in [-0.3, -0.25) is 9.59 Å². The number of carboxylic acid groups (broad SMARTS) is 1. The Balaban J connectivity index is 2.90. The van der Waals surface area contributed by atoms with E-state index in [0.29, 0.717) is 24.3 Å². The molecule has 6 heteroatoms. The average Bonchev–Trinajstić information content (AvgIpc) is 2.45. The molecule has 1 unspecified atom stereocenters. The minimum Gasteiger partial charge on any atom is -0.497 e. The fourth-order valence-corrected chi connectivity index (χ4v) is 2.01. The number of carbonyl (C=O) groups excluding carboxylic acids is 1. The molecule has 0 aromatic heterocycles. The number of aliphatic hydroxyl groups excluding tert-OH is 1. The summed E-state index contributed by atoms with van der Waals surface area (Å²) in [6, 6.07) is 4.24. The molecule has 1 aromatic carbocycles. The van der Waals surface area contributed by atoms with Crippen LogP contribution in [0.5, 0.6) is 5.75 Å². The van der Waals surface area contributed by atoms with Crippen molar-refractivity contribution in [3.8, 4) is 5.75 Å². The normalized spacial score (nSPS) is 12.0. The lowest BCUT2D eigenvalue weighted by Gasteiger charge is -2.17. The molecular formula is C15H21NO5. The van der Waals surface area contributed by atoms with Crippen LogP contribution in [-0.2, 0) is 4.79 Å². The van der Waals surface area contributed by atoms with E-state index in [4.69, 9.17) is 14.9 Å². The van der Waals surface area contributed by atoms with Crippen molar-refractivity contribution in [1.82, 2.24) is 5.32 Å². The molecule has 3 N–H and O–H groups in total. The molecule has 0 saturated carbocycles. The second kappa shape index (κ2) is 8.39. The molecule has 21 heavy (non-hydrogen) atoms. The van der Waals surface area contributed by atoms with Gasteiger partial charge in [-0.2, -0.15) is 0 Å². The summed E-state index contributed by atoms with van der Waals surface area (Å²) in [5.74, 6) is -0.668. The van der Waals surface area contributed by atoms with E-state index in [1.807, 2.05) is 0 Å². The molecule has 0 aliphatic carbocycles. The van der Waals surface area contributed by atoms with Crippen molar-refractivity contribution in [2.24, 2.45) is 0 Å². The van der Waals surface area contributed by atoms with Crippen LogP contribution in [0.15, 0.2) is 18.2 Å². The first-order valence-corrected chi connectivity index (χ1v) is 6.74. The maximum Gasteiger partial charge on any atom is 0.305 e. The van der Waals surface area contributed by atoms with E-state index in [9.17, 15) is 9.59 Å². The quantitative estimate of drug-likeness (QED) is 0.465. The lowest BCUT2D eigenvalue weighted by Crippen LogP contribution is -2.39. The lowest BCUT2D eigenvalue weighted by molar-refractivity contribution is -0.137. The first-order valence-electron chi connectivity index (χ1n) is 6.74. The zero-order valence-electron chi connectivity index (χ0n) is 12.3. The highest BCUT2D eigenvalue weighted by Gasteiger charge is 2.23. The summed E-state index contributed by atoms with van der Waals surface area (Å²) >= 11 is 0. The van der Waals surface area contributed by atoms with Crippen LogP contribution in [0.1, 0.15) is 28.8 Å². The number of methoxy groups -OCH3 is 1. The monoisotopic (exact) mass is 295 g/mol.